The van der Waals surface area contributed by atoms with E-state index in [2.05, 4.69) is 0 Å². The highest BCUT2D eigenvalue weighted by molar-refractivity contribution is 7.39. The Morgan fingerprint density at radius 2 is 2.00 bits per heavy atom. The predicted octanol–water partition coefficient (Wildman–Crippen LogP) is 1.99. The van der Waals surface area contributed by atoms with Crippen molar-refractivity contribution in [3.8, 4) is 0 Å². The first-order valence-corrected chi connectivity index (χ1v) is 5.83. The van der Waals surface area contributed by atoms with Crippen LogP contribution in [-0.2, 0) is 18.6 Å². The monoisotopic (exact) mass is 229 g/mol. The molecule has 1 atom stereocenters. The van der Waals surface area contributed by atoms with Crippen molar-refractivity contribution < 1.29 is 18.6 Å². The third kappa shape index (κ3) is 7.35. The van der Waals surface area contributed by atoms with Crippen LogP contribution >= 0.6 is 19.6 Å². The van der Waals surface area contributed by atoms with E-state index in [0.29, 0.717) is 25.1 Å². The molecule has 0 aromatic carbocycles. The summed E-state index contributed by atoms with van der Waals surface area (Å²) in [5.41, 5.74) is 0. The van der Waals surface area contributed by atoms with E-state index in [4.69, 9.17) is 25.6 Å². The van der Waals surface area contributed by atoms with E-state index in [-0.39, 0.29) is 6.29 Å². The fourth-order valence-corrected chi connectivity index (χ4v) is 1.77. The Labute approximate surface area is 84.4 Å². The fraction of sp³-hybridized carbons (Fsp3) is 1.00. The lowest BCUT2D eigenvalue weighted by Gasteiger charge is -2.08. The van der Waals surface area contributed by atoms with Gasteiger partial charge in [0.25, 0.3) is 0 Å². The van der Waals surface area contributed by atoms with Crippen molar-refractivity contribution >= 4 is 19.6 Å². The molecule has 0 heterocycles. The molecule has 0 radical (unpaired) electrons. The molecule has 13 heavy (non-hydrogen) atoms. The average molecular weight is 230 g/mol. The topological polar surface area (TPSA) is 44.8 Å². The standard InChI is InChI=1S/C7H15ClO4P/c1-10-7(11-2)3-6-13(9)12-5-4-8/h7H,3-6H2,1-2H3/q+1. The van der Waals surface area contributed by atoms with Gasteiger partial charge < -0.3 is 9.47 Å². The van der Waals surface area contributed by atoms with Crippen LogP contribution in [0, 0.1) is 0 Å². The minimum atomic E-state index is -1.62. The van der Waals surface area contributed by atoms with Crippen LogP contribution in [0.5, 0.6) is 0 Å². The normalized spacial score (nSPS) is 12.2. The molecule has 0 aromatic rings. The molecular formula is C7H15ClO4P+. The minimum Gasteiger partial charge on any atom is -0.356 e. The SMILES string of the molecule is COC(CC[P+](=O)OCCCl)OC. The maximum Gasteiger partial charge on any atom is 0.508 e. The highest BCUT2D eigenvalue weighted by atomic mass is 35.5. The molecule has 0 aromatic heterocycles. The largest absolute Gasteiger partial charge is 0.508 e. The summed E-state index contributed by atoms with van der Waals surface area (Å²) < 4.78 is 25.8. The van der Waals surface area contributed by atoms with E-state index in [1.807, 2.05) is 0 Å². The molecule has 0 N–H and O–H groups in total. The number of alkyl halides is 1. The summed E-state index contributed by atoms with van der Waals surface area (Å²) in [6.45, 7) is 0.321. The summed E-state index contributed by atoms with van der Waals surface area (Å²) in [6, 6.07) is 0. The first-order valence-electron chi connectivity index (χ1n) is 3.93. The summed E-state index contributed by atoms with van der Waals surface area (Å²) >= 11 is 5.36. The highest BCUT2D eigenvalue weighted by Gasteiger charge is 2.19. The smallest absolute Gasteiger partial charge is 0.356 e. The average Bonchev–Trinajstić information content (AvgIpc) is 2.16. The molecule has 0 aliphatic rings. The van der Waals surface area contributed by atoms with Crippen molar-refractivity contribution in [1.29, 1.82) is 0 Å². The van der Waals surface area contributed by atoms with E-state index in [1.54, 1.807) is 14.2 Å². The molecule has 78 valence electrons. The van der Waals surface area contributed by atoms with E-state index >= 15 is 0 Å². The lowest BCUT2D eigenvalue weighted by Crippen LogP contribution is -2.13. The van der Waals surface area contributed by atoms with E-state index in [9.17, 15) is 4.57 Å². The predicted molar refractivity (Wildman–Crippen MR) is 51.6 cm³/mol. The van der Waals surface area contributed by atoms with E-state index in [1.165, 1.54) is 0 Å². The zero-order chi connectivity index (χ0) is 10.1. The second kappa shape index (κ2) is 8.85. The van der Waals surface area contributed by atoms with Gasteiger partial charge in [-0.1, -0.05) is 0 Å². The molecule has 6 heteroatoms. The third-order valence-corrected chi connectivity index (χ3v) is 2.63. The Kier molecular flexibility index (Phi) is 9.03. The molecule has 0 aliphatic heterocycles. The van der Waals surface area contributed by atoms with Crippen LogP contribution in [0.15, 0.2) is 0 Å². The Hall–Kier alpha value is 0.270. The van der Waals surface area contributed by atoms with Gasteiger partial charge in [0.15, 0.2) is 12.5 Å². The third-order valence-electron chi connectivity index (χ3n) is 1.39. The van der Waals surface area contributed by atoms with Crippen molar-refractivity contribution in [2.75, 3.05) is 32.9 Å². The number of methoxy groups -OCH3 is 2. The Balaban J connectivity index is 3.44. The van der Waals surface area contributed by atoms with Crippen LogP contribution in [0.4, 0.5) is 0 Å². The van der Waals surface area contributed by atoms with Crippen LogP contribution in [-0.4, -0.2) is 39.2 Å². The summed E-state index contributed by atoms with van der Waals surface area (Å²) in [5, 5.41) is 0. The highest BCUT2D eigenvalue weighted by Crippen LogP contribution is 2.24. The molecule has 0 bridgehead atoms. The van der Waals surface area contributed by atoms with Gasteiger partial charge >= 0.3 is 8.03 Å². The maximum atomic E-state index is 11.1. The van der Waals surface area contributed by atoms with Gasteiger partial charge in [-0.15, -0.1) is 16.1 Å². The van der Waals surface area contributed by atoms with Crippen LogP contribution in [0.2, 0.25) is 0 Å². The number of rotatable bonds is 8. The van der Waals surface area contributed by atoms with Gasteiger partial charge in [-0.3, -0.25) is 0 Å². The summed E-state index contributed by atoms with van der Waals surface area (Å²) in [5.74, 6) is 0.360. The summed E-state index contributed by atoms with van der Waals surface area (Å²) in [7, 11) is 1.46. The Bertz CT molecular complexity index is 140. The molecule has 4 nitrogen and oxygen atoms in total. The first kappa shape index (κ1) is 13.3. The van der Waals surface area contributed by atoms with Crippen LogP contribution in [0.3, 0.4) is 0 Å². The van der Waals surface area contributed by atoms with Crippen molar-refractivity contribution in [3.05, 3.63) is 0 Å². The molecule has 0 aliphatic carbocycles. The zero-order valence-corrected chi connectivity index (χ0v) is 9.51. The van der Waals surface area contributed by atoms with Gasteiger partial charge in [-0.25, -0.2) is 0 Å². The van der Waals surface area contributed by atoms with Gasteiger partial charge in [-0.2, -0.15) is 0 Å². The summed E-state index contributed by atoms with van der Waals surface area (Å²) in [4.78, 5) is 0. The van der Waals surface area contributed by atoms with Gasteiger partial charge in [-0.05, 0) is 4.57 Å². The van der Waals surface area contributed by atoms with Gasteiger partial charge in [0.1, 0.15) is 6.61 Å². The van der Waals surface area contributed by atoms with Crippen LogP contribution in [0.25, 0.3) is 0 Å². The lowest BCUT2D eigenvalue weighted by atomic mass is 10.5. The van der Waals surface area contributed by atoms with Gasteiger partial charge in [0.2, 0.25) is 0 Å². The number of halogens is 1. The molecular weight excluding hydrogens is 214 g/mol. The molecule has 1 unspecified atom stereocenters. The van der Waals surface area contributed by atoms with E-state index in [0.717, 1.165) is 0 Å². The minimum absolute atomic E-state index is 0.307. The second-order valence-corrected chi connectivity index (χ2v) is 4.02. The zero-order valence-electron chi connectivity index (χ0n) is 7.86. The van der Waals surface area contributed by atoms with Crippen LogP contribution < -0.4 is 0 Å². The van der Waals surface area contributed by atoms with Crippen molar-refractivity contribution in [1.82, 2.24) is 0 Å². The van der Waals surface area contributed by atoms with E-state index < -0.39 is 8.03 Å². The molecule has 0 rings (SSSR count). The van der Waals surface area contributed by atoms with Crippen LogP contribution in [0.1, 0.15) is 6.42 Å². The van der Waals surface area contributed by atoms with Crippen molar-refractivity contribution in [3.63, 3.8) is 0 Å². The van der Waals surface area contributed by atoms with Crippen molar-refractivity contribution in [2.24, 2.45) is 0 Å². The quantitative estimate of drug-likeness (QED) is 0.363. The maximum absolute atomic E-state index is 11.1. The summed E-state index contributed by atoms with van der Waals surface area (Å²) in [6.07, 6.45) is 0.682. The van der Waals surface area contributed by atoms with Crippen molar-refractivity contribution in [2.45, 2.75) is 12.7 Å². The molecule has 0 saturated heterocycles. The Morgan fingerprint density at radius 1 is 1.38 bits per heavy atom. The first-order chi connectivity index (χ1) is 6.24. The Morgan fingerprint density at radius 3 is 2.46 bits per heavy atom. The number of ether oxygens (including phenoxy) is 2. The molecule has 0 amide bonds. The number of hydrogen-bond acceptors (Lipinski definition) is 4. The molecule has 0 spiro atoms. The van der Waals surface area contributed by atoms with Gasteiger partial charge in [0.05, 0.1) is 5.88 Å². The van der Waals surface area contributed by atoms with Gasteiger partial charge in [0, 0.05) is 20.6 Å². The molecule has 0 fully saturated rings. The number of hydrogen-bond donors (Lipinski definition) is 0. The fourth-order valence-electron chi connectivity index (χ4n) is 0.744. The second-order valence-electron chi connectivity index (χ2n) is 2.27. The molecule has 0 saturated carbocycles. The lowest BCUT2D eigenvalue weighted by molar-refractivity contribution is -0.102.